The Morgan fingerprint density at radius 2 is 1.32 bits per heavy atom. The van der Waals surface area contributed by atoms with Crippen molar-refractivity contribution in [1.82, 2.24) is 0 Å². The van der Waals surface area contributed by atoms with Gasteiger partial charge in [0.15, 0.2) is 0 Å². The molecule has 0 unspecified atom stereocenters. The maximum absolute atomic E-state index is 12.8. The zero-order chi connectivity index (χ0) is 14.2. The highest BCUT2D eigenvalue weighted by Gasteiger charge is 2.31. The fourth-order valence-corrected chi connectivity index (χ4v) is 2.84. The van der Waals surface area contributed by atoms with Crippen LogP contribution in [0, 0.1) is 3.57 Å². The van der Waals surface area contributed by atoms with E-state index in [2.05, 4.69) is 0 Å². The summed E-state index contributed by atoms with van der Waals surface area (Å²) in [7, 11) is 0. The van der Waals surface area contributed by atoms with E-state index in [0.717, 1.165) is 12.1 Å². The van der Waals surface area contributed by atoms with Gasteiger partial charge in [-0.15, -0.1) is 0 Å². The van der Waals surface area contributed by atoms with Gasteiger partial charge in [0.05, 0.1) is 5.56 Å². The lowest BCUT2D eigenvalue weighted by atomic mass is 10.0. The van der Waals surface area contributed by atoms with Gasteiger partial charge in [0.25, 0.3) is 0 Å². The Morgan fingerprint density at radius 3 is 1.84 bits per heavy atom. The molecule has 0 amide bonds. The van der Waals surface area contributed by atoms with Gasteiger partial charge in [-0.3, -0.25) is 0 Å². The SMILES string of the molecule is FC(F)(F)c1cc(I)cc(-c2cc(Cl)cc(Cl)c2)c1. The van der Waals surface area contributed by atoms with Crippen LogP contribution >= 0.6 is 45.8 Å². The van der Waals surface area contributed by atoms with Gasteiger partial charge in [-0.1, -0.05) is 23.2 Å². The molecule has 0 N–H and O–H groups in total. The molecule has 0 aliphatic heterocycles. The Hall–Kier alpha value is -0.460. The number of alkyl halides is 3. The summed E-state index contributed by atoms with van der Waals surface area (Å²) in [4.78, 5) is 0. The first-order valence-electron chi connectivity index (χ1n) is 5.10. The second-order valence-corrected chi connectivity index (χ2v) is 6.00. The zero-order valence-corrected chi connectivity index (χ0v) is 12.9. The van der Waals surface area contributed by atoms with Crippen LogP contribution in [0.25, 0.3) is 11.1 Å². The molecule has 2 rings (SSSR count). The normalized spacial score (nSPS) is 11.7. The van der Waals surface area contributed by atoms with E-state index in [-0.39, 0.29) is 0 Å². The second-order valence-electron chi connectivity index (χ2n) is 3.88. The van der Waals surface area contributed by atoms with Crippen LogP contribution < -0.4 is 0 Å². The summed E-state index contributed by atoms with van der Waals surface area (Å²) in [6, 6.07) is 8.53. The molecular weight excluding hydrogens is 411 g/mol. The molecule has 0 heterocycles. The van der Waals surface area contributed by atoms with Crippen molar-refractivity contribution in [3.63, 3.8) is 0 Å². The second kappa shape index (κ2) is 5.50. The average molecular weight is 417 g/mol. The fraction of sp³-hybridized carbons (Fsp3) is 0.0769. The van der Waals surface area contributed by atoms with Gasteiger partial charge in [0, 0.05) is 13.6 Å². The summed E-state index contributed by atoms with van der Waals surface area (Å²) in [5.41, 5.74) is 0.302. The van der Waals surface area contributed by atoms with Crippen LogP contribution in [0.5, 0.6) is 0 Å². The Morgan fingerprint density at radius 1 is 0.789 bits per heavy atom. The first kappa shape index (κ1) is 14.9. The molecule has 0 aromatic heterocycles. The van der Waals surface area contributed by atoms with E-state index in [4.69, 9.17) is 23.2 Å². The van der Waals surface area contributed by atoms with Crippen molar-refractivity contribution in [3.8, 4) is 11.1 Å². The lowest BCUT2D eigenvalue weighted by Crippen LogP contribution is -2.05. The average Bonchev–Trinajstić information content (AvgIpc) is 2.25. The summed E-state index contributed by atoms with van der Waals surface area (Å²) < 4.78 is 38.8. The Labute approximate surface area is 131 Å². The van der Waals surface area contributed by atoms with Gasteiger partial charge in [0.2, 0.25) is 0 Å². The van der Waals surface area contributed by atoms with Crippen molar-refractivity contribution >= 4 is 45.8 Å². The third-order valence-electron chi connectivity index (χ3n) is 2.42. The van der Waals surface area contributed by atoms with E-state index in [1.165, 1.54) is 6.07 Å². The van der Waals surface area contributed by atoms with Gasteiger partial charge in [-0.2, -0.15) is 13.2 Å². The minimum absolute atomic E-state index is 0.384. The van der Waals surface area contributed by atoms with Gasteiger partial charge < -0.3 is 0 Å². The van der Waals surface area contributed by atoms with Crippen molar-refractivity contribution in [2.45, 2.75) is 6.18 Å². The molecule has 0 radical (unpaired) electrons. The zero-order valence-electron chi connectivity index (χ0n) is 9.23. The molecule has 0 bridgehead atoms. The van der Waals surface area contributed by atoms with Crippen molar-refractivity contribution in [3.05, 3.63) is 55.6 Å². The Balaban J connectivity index is 2.59. The van der Waals surface area contributed by atoms with Crippen LogP contribution in [-0.4, -0.2) is 0 Å². The number of hydrogen-bond donors (Lipinski definition) is 0. The standard InChI is InChI=1S/C13H6Cl2F3I/c14-10-2-8(3-11(15)6-10)7-1-9(13(16,17)18)5-12(19)4-7/h1-6H. The van der Waals surface area contributed by atoms with Crippen LogP contribution in [-0.2, 0) is 6.18 Å². The van der Waals surface area contributed by atoms with Gasteiger partial charge in [0.1, 0.15) is 0 Å². The molecular formula is C13H6Cl2F3I. The molecule has 0 spiro atoms. The molecule has 0 saturated carbocycles. The third kappa shape index (κ3) is 3.77. The smallest absolute Gasteiger partial charge is 0.166 e. The Kier molecular flexibility index (Phi) is 4.32. The van der Waals surface area contributed by atoms with Gasteiger partial charge >= 0.3 is 6.18 Å². The molecule has 0 atom stereocenters. The lowest BCUT2D eigenvalue weighted by molar-refractivity contribution is -0.137. The number of halogens is 6. The molecule has 0 saturated heterocycles. The molecule has 0 fully saturated rings. The topological polar surface area (TPSA) is 0 Å². The quantitative estimate of drug-likeness (QED) is 0.479. The van der Waals surface area contributed by atoms with Crippen LogP contribution in [0.2, 0.25) is 10.0 Å². The first-order chi connectivity index (χ1) is 8.75. The summed E-state index contributed by atoms with van der Waals surface area (Å²) in [5, 5.41) is 0.768. The maximum atomic E-state index is 12.8. The maximum Gasteiger partial charge on any atom is 0.416 e. The minimum Gasteiger partial charge on any atom is -0.166 e. The van der Waals surface area contributed by atoms with E-state index in [1.807, 2.05) is 22.6 Å². The fourth-order valence-electron chi connectivity index (χ4n) is 1.64. The molecule has 19 heavy (non-hydrogen) atoms. The minimum atomic E-state index is -4.38. The summed E-state index contributed by atoms with van der Waals surface area (Å²) in [6.07, 6.45) is -4.38. The Bertz CT molecular complexity index is 604. The van der Waals surface area contributed by atoms with Crippen molar-refractivity contribution < 1.29 is 13.2 Å². The molecule has 0 aliphatic carbocycles. The molecule has 0 aliphatic rings. The van der Waals surface area contributed by atoms with Crippen molar-refractivity contribution in [2.75, 3.05) is 0 Å². The monoisotopic (exact) mass is 416 g/mol. The highest BCUT2D eigenvalue weighted by Crippen LogP contribution is 2.35. The predicted octanol–water partition coefficient (Wildman–Crippen LogP) is 6.28. The highest BCUT2D eigenvalue weighted by molar-refractivity contribution is 14.1. The summed E-state index contributed by atoms with van der Waals surface area (Å²) in [6.45, 7) is 0. The summed E-state index contributed by atoms with van der Waals surface area (Å²) in [5.74, 6) is 0. The van der Waals surface area contributed by atoms with Gasteiger partial charge in [-0.05, 0) is 70.1 Å². The van der Waals surface area contributed by atoms with E-state index < -0.39 is 11.7 Å². The number of rotatable bonds is 1. The molecule has 2 aromatic carbocycles. The molecule has 2 aromatic rings. The van der Waals surface area contributed by atoms with Crippen molar-refractivity contribution in [1.29, 1.82) is 0 Å². The van der Waals surface area contributed by atoms with E-state index >= 15 is 0 Å². The van der Waals surface area contributed by atoms with Gasteiger partial charge in [-0.25, -0.2) is 0 Å². The number of hydrogen-bond acceptors (Lipinski definition) is 0. The first-order valence-corrected chi connectivity index (χ1v) is 6.93. The molecule has 100 valence electrons. The van der Waals surface area contributed by atoms with Crippen LogP contribution in [0.4, 0.5) is 13.2 Å². The lowest BCUT2D eigenvalue weighted by Gasteiger charge is -2.11. The van der Waals surface area contributed by atoms with E-state index in [0.29, 0.717) is 24.7 Å². The molecule has 6 heteroatoms. The third-order valence-corrected chi connectivity index (χ3v) is 3.48. The number of benzene rings is 2. The van der Waals surface area contributed by atoms with Crippen LogP contribution in [0.15, 0.2) is 36.4 Å². The van der Waals surface area contributed by atoms with Crippen LogP contribution in [0.1, 0.15) is 5.56 Å². The van der Waals surface area contributed by atoms with E-state index in [9.17, 15) is 13.2 Å². The summed E-state index contributed by atoms with van der Waals surface area (Å²) >= 11 is 13.6. The van der Waals surface area contributed by atoms with Crippen LogP contribution in [0.3, 0.4) is 0 Å². The molecule has 0 nitrogen and oxygen atoms in total. The van der Waals surface area contributed by atoms with Crippen molar-refractivity contribution in [2.24, 2.45) is 0 Å². The largest absolute Gasteiger partial charge is 0.416 e. The predicted molar refractivity (Wildman–Crippen MR) is 79.6 cm³/mol. The van der Waals surface area contributed by atoms with E-state index in [1.54, 1.807) is 18.2 Å². The highest BCUT2D eigenvalue weighted by atomic mass is 127.